The third-order valence-electron chi connectivity index (χ3n) is 3.06. The minimum Gasteiger partial charge on any atom is -0.507 e. The summed E-state index contributed by atoms with van der Waals surface area (Å²) in [5.41, 5.74) is 0.534. The van der Waals surface area contributed by atoms with Crippen LogP contribution >= 0.6 is 0 Å². The molecule has 0 unspecified atom stereocenters. The Morgan fingerprint density at radius 1 is 1.13 bits per heavy atom. The van der Waals surface area contributed by atoms with E-state index in [0.29, 0.717) is 5.56 Å². The van der Waals surface area contributed by atoms with Crippen LogP contribution in [0.1, 0.15) is 5.56 Å². The van der Waals surface area contributed by atoms with Crippen molar-refractivity contribution in [1.82, 2.24) is 5.32 Å². The number of hydrogen-bond donors (Lipinski definition) is 6. The first-order chi connectivity index (χ1) is 10.9. The van der Waals surface area contributed by atoms with Crippen molar-refractivity contribution in [3.63, 3.8) is 0 Å². The molecule has 0 heterocycles. The summed E-state index contributed by atoms with van der Waals surface area (Å²) in [6.07, 6.45) is -4.89. The number of para-hydroxylation sites is 1. The Morgan fingerprint density at radius 3 is 2.39 bits per heavy atom. The number of nitrogens with one attached hydrogen (secondary N) is 1. The van der Waals surface area contributed by atoms with Crippen LogP contribution in [0, 0.1) is 0 Å². The number of aromatic hydroxyl groups is 1. The van der Waals surface area contributed by atoms with E-state index in [0.717, 1.165) is 0 Å². The van der Waals surface area contributed by atoms with E-state index in [9.17, 15) is 30.0 Å². The number of benzene rings is 1. The molecule has 1 rings (SSSR count). The number of phenols is 1. The molecule has 23 heavy (non-hydrogen) atoms. The topological polar surface area (TPSA) is 147 Å². The van der Waals surface area contributed by atoms with Gasteiger partial charge in [0.25, 0.3) is 5.91 Å². The highest BCUT2D eigenvalue weighted by Gasteiger charge is 2.33. The van der Waals surface area contributed by atoms with Crippen LogP contribution in [-0.2, 0) is 9.59 Å². The van der Waals surface area contributed by atoms with Gasteiger partial charge in [0.2, 0.25) is 0 Å². The lowest BCUT2D eigenvalue weighted by Gasteiger charge is -2.23. The number of phenolic OH excluding ortho intramolecular Hbond substituents is 1. The minimum atomic E-state index is -2.02. The molecule has 1 aromatic rings. The molecule has 1 amide bonds. The number of amides is 1. The van der Waals surface area contributed by atoms with E-state index in [1.54, 1.807) is 24.3 Å². The second-order valence-corrected chi connectivity index (χ2v) is 4.76. The predicted octanol–water partition coefficient (Wildman–Crippen LogP) is -1.84. The Labute approximate surface area is 132 Å². The lowest BCUT2D eigenvalue weighted by Crippen LogP contribution is -2.51. The molecule has 0 radical (unpaired) electrons. The van der Waals surface area contributed by atoms with Gasteiger partial charge in [-0.3, -0.25) is 4.79 Å². The number of aliphatic hydroxyl groups excluding tert-OH is 4. The maximum atomic E-state index is 11.6. The van der Waals surface area contributed by atoms with Gasteiger partial charge in [0.1, 0.15) is 24.1 Å². The predicted molar refractivity (Wildman–Crippen MR) is 80.2 cm³/mol. The number of rotatable bonds is 8. The van der Waals surface area contributed by atoms with Gasteiger partial charge in [-0.05, 0) is 6.07 Å². The third kappa shape index (κ3) is 5.46. The largest absolute Gasteiger partial charge is 0.507 e. The van der Waals surface area contributed by atoms with Gasteiger partial charge in [-0.1, -0.05) is 30.4 Å². The molecule has 0 aromatic heterocycles. The molecule has 6 N–H and O–H groups in total. The first kappa shape index (κ1) is 18.8. The van der Waals surface area contributed by atoms with Crippen molar-refractivity contribution in [1.29, 1.82) is 0 Å². The third-order valence-corrected chi connectivity index (χ3v) is 3.06. The zero-order valence-corrected chi connectivity index (χ0v) is 12.1. The summed E-state index contributed by atoms with van der Waals surface area (Å²) in [4.78, 5) is 21.9. The maximum absolute atomic E-state index is 11.6. The monoisotopic (exact) mass is 325 g/mol. The molecule has 8 heteroatoms. The number of hydrogen-bond acceptors (Lipinski definition) is 7. The van der Waals surface area contributed by atoms with Crippen LogP contribution in [-0.4, -0.2) is 68.7 Å². The van der Waals surface area contributed by atoms with E-state index in [1.807, 2.05) is 0 Å². The molecule has 0 saturated carbocycles. The Bertz CT molecular complexity index is 561. The molecule has 0 spiro atoms. The summed E-state index contributed by atoms with van der Waals surface area (Å²) in [6.45, 7) is -0.0106. The fourth-order valence-electron chi connectivity index (χ4n) is 1.70. The van der Waals surface area contributed by atoms with Crippen molar-refractivity contribution in [3.8, 4) is 5.75 Å². The molecular weight excluding hydrogens is 306 g/mol. The number of aliphatic hydroxyl groups is 4. The van der Waals surface area contributed by atoms with Crippen LogP contribution < -0.4 is 5.32 Å². The minimum absolute atomic E-state index is 0.0106. The van der Waals surface area contributed by atoms with Crippen molar-refractivity contribution in [2.75, 3.05) is 6.54 Å². The molecule has 126 valence electrons. The Kier molecular flexibility index (Phi) is 7.36. The van der Waals surface area contributed by atoms with Crippen molar-refractivity contribution in [2.24, 2.45) is 0 Å². The van der Waals surface area contributed by atoms with Gasteiger partial charge in [0.15, 0.2) is 12.4 Å². The van der Waals surface area contributed by atoms with Crippen LogP contribution in [0.4, 0.5) is 0 Å². The SMILES string of the molecule is O=C[C@H](O)[C@@H](O)[C@H](O)[C@H](O)C(=O)NC/C=C/c1ccccc1O. The van der Waals surface area contributed by atoms with Crippen molar-refractivity contribution in [2.45, 2.75) is 24.4 Å². The van der Waals surface area contributed by atoms with Gasteiger partial charge in [-0.25, -0.2) is 0 Å². The van der Waals surface area contributed by atoms with E-state index in [1.165, 1.54) is 12.1 Å². The van der Waals surface area contributed by atoms with E-state index in [-0.39, 0.29) is 18.6 Å². The van der Waals surface area contributed by atoms with E-state index in [2.05, 4.69) is 5.32 Å². The summed E-state index contributed by atoms with van der Waals surface area (Å²) < 4.78 is 0. The van der Waals surface area contributed by atoms with Gasteiger partial charge < -0.3 is 35.6 Å². The average molecular weight is 325 g/mol. The molecule has 0 aliphatic heterocycles. The lowest BCUT2D eigenvalue weighted by atomic mass is 10.0. The fourth-order valence-corrected chi connectivity index (χ4v) is 1.70. The Morgan fingerprint density at radius 2 is 1.78 bits per heavy atom. The average Bonchev–Trinajstić information content (AvgIpc) is 2.57. The molecule has 0 aliphatic rings. The molecule has 0 aliphatic carbocycles. The summed E-state index contributed by atoms with van der Waals surface area (Å²) in [7, 11) is 0. The first-order valence-corrected chi connectivity index (χ1v) is 6.78. The lowest BCUT2D eigenvalue weighted by molar-refractivity contribution is -0.149. The summed E-state index contributed by atoms with van der Waals surface area (Å²) in [6, 6.07) is 6.53. The van der Waals surface area contributed by atoms with Crippen molar-refractivity contribution >= 4 is 18.3 Å². The highest BCUT2D eigenvalue weighted by molar-refractivity contribution is 5.81. The molecule has 0 bridgehead atoms. The quantitative estimate of drug-likeness (QED) is 0.308. The van der Waals surface area contributed by atoms with E-state index in [4.69, 9.17) is 5.11 Å². The van der Waals surface area contributed by atoms with Gasteiger partial charge in [-0.2, -0.15) is 0 Å². The van der Waals surface area contributed by atoms with Crippen LogP contribution in [0.25, 0.3) is 6.08 Å². The molecule has 8 nitrogen and oxygen atoms in total. The van der Waals surface area contributed by atoms with Crippen LogP contribution in [0.5, 0.6) is 5.75 Å². The highest BCUT2D eigenvalue weighted by Crippen LogP contribution is 2.16. The molecule has 1 aromatic carbocycles. The smallest absolute Gasteiger partial charge is 0.251 e. The second-order valence-electron chi connectivity index (χ2n) is 4.76. The number of carbonyl (C=O) groups excluding carboxylic acids is 2. The van der Waals surface area contributed by atoms with E-state index < -0.39 is 30.3 Å². The molecule has 0 fully saturated rings. The van der Waals surface area contributed by atoms with Crippen LogP contribution in [0.3, 0.4) is 0 Å². The van der Waals surface area contributed by atoms with Crippen molar-refractivity contribution in [3.05, 3.63) is 35.9 Å². The first-order valence-electron chi connectivity index (χ1n) is 6.78. The van der Waals surface area contributed by atoms with Crippen LogP contribution in [0.15, 0.2) is 30.3 Å². The molecular formula is C15H19NO7. The van der Waals surface area contributed by atoms with Crippen molar-refractivity contribution < 1.29 is 35.1 Å². The van der Waals surface area contributed by atoms with Gasteiger partial charge in [0, 0.05) is 12.1 Å². The molecule has 0 saturated heterocycles. The summed E-state index contributed by atoms with van der Waals surface area (Å²) in [5.74, 6) is -0.923. The normalized spacial score (nSPS) is 16.5. The van der Waals surface area contributed by atoms with Gasteiger partial charge in [0.05, 0.1) is 0 Å². The number of aldehydes is 1. The van der Waals surface area contributed by atoms with E-state index >= 15 is 0 Å². The number of carbonyl (C=O) groups is 2. The Balaban J connectivity index is 2.50. The zero-order valence-electron chi connectivity index (χ0n) is 12.1. The summed E-state index contributed by atoms with van der Waals surface area (Å²) >= 11 is 0. The molecule has 4 atom stereocenters. The highest BCUT2D eigenvalue weighted by atomic mass is 16.4. The fraction of sp³-hybridized carbons (Fsp3) is 0.333. The zero-order chi connectivity index (χ0) is 17.4. The maximum Gasteiger partial charge on any atom is 0.251 e. The van der Waals surface area contributed by atoms with Gasteiger partial charge >= 0.3 is 0 Å². The second kappa shape index (κ2) is 9.01. The van der Waals surface area contributed by atoms with Gasteiger partial charge in [-0.15, -0.1) is 0 Å². The van der Waals surface area contributed by atoms with Crippen LogP contribution in [0.2, 0.25) is 0 Å². The standard InChI is InChI=1S/C15H19NO7/c17-8-11(19)12(20)13(21)14(22)15(23)16-7-3-5-9-4-1-2-6-10(9)18/h1-6,8,11-14,18-22H,7H2,(H,16,23)/b5-3+/t11-,12+,13-,14-/m0/s1. The summed E-state index contributed by atoms with van der Waals surface area (Å²) in [5, 5.41) is 49.2. The Hall–Kier alpha value is -2.26.